The molecule has 1 heterocycles. The summed E-state index contributed by atoms with van der Waals surface area (Å²) in [5, 5.41) is 9.75. The molecule has 0 aromatic heterocycles. The van der Waals surface area contributed by atoms with E-state index in [2.05, 4.69) is 32.8 Å². The Balaban J connectivity index is 1.92. The molecule has 1 aliphatic heterocycles. The van der Waals surface area contributed by atoms with E-state index in [1.165, 1.54) is 0 Å². The van der Waals surface area contributed by atoms with Gasteiger partial charge in [0.15, 0.2) is 5.96 Å². The zero-order valence-corrected chi connectivity index (χ0v) is 19.0. The summed E-state index contributed by atoms with van der Waals surface area (Å²) in [6.45, 7) is 9.13. The van der Waals surface area contributed by atoms with Crippen LogP contribution < -0.4 is 30.3 Å². The standard InChI is InChI=1S/C22H37N5O3/c1-6-16(3)25-21(28)8-10-24-22(23-7-2)26-17-9-11-27(15-17)18-12-19(29-4)14-20(13-18)30-5/h12-14,16-17H,6-11,15H2,1-5H3,(H,25,28)(H2,23,24,26). The maximum atomic E-state index is 12.0. The van der Waals surface area contributed by atoms with Gasteiger partial charge in [-0.3, -0.25) is 9.79 Å². The van der Waals surface area contributed by atoms with E-state index in [9.17, 15) is 4.79 Å². The summed E-state index contributed by atoms with van der Waals surface area (Å²) >= 11 is 0. The number of methoxy groups -OCH3 is 2. The average Bonchev–Trinajstić information content (AvgIpc) is 3.21. The minimum Gasteiger partial charge on any atom is -0.497 e. The van der Waals surface area contributed by atoms with E-state index in [4.69, 9.17) is 9.47 Å². The molecule has 8 heteroatoms. The SMILES string of the molecule is CCNC(=NCCC(=O)NC(C)CC)NC1CCN(c2cc(OC)cc(OC)c2)C1. The van der Waals surface area contributed by atoms with Gasteiger partial charge in [-0.25, -0.2) is 0 Å². The van der Waals surface area contributed by atoms with Gasteiger partial charge >= 0.3 is 0 Å². The molecule has 0 bridgehead atoms. The maximum absolute atomic E-state index is 12.0. The molecule has 2 rings (SSSR count). The van der Waals surface area contributed by atoms with Gasteiger partial charge in [-0.15, -0.1) is 0 Å². The fourth-order valence-corrected chi connectivity index (χ4v) is 3.32. The Morgan fingerprint density at radius 1 is 1.23 bits per heavy atom. The molecule has 168 valence electrons. The second-order valence-electron chi connectivity index (χ2n) is 7.53. The van der Waals surface area contributed by atoms with Crippen LogP contribution in [-0.4, -0.2) is 64.3 Å². The molecule has 1 aromatic rings. The van der Waals surface area contributed by atoms with Gasteiger partial charge in [0.05, 0.1) is 20.8 Å². The lowest BCUT2D eigenvalue weighted by Gasteiger charge is -2.21. The fraction of sp³-hybridized carbons (Fsp3) is 0.636. The van der Waals surface area contributed by atoms with E-state index in [1.54, 1.807) is 14.2 Å². The number of anilines is 1. The van der Waals surface area contributed by atoms with Crippen molar-refractivity contribution in [2.75, 3.05) is 45.3 Å². The lowest BCUT2D eigenvalue weighted by Crippen LogP contribution is -2.44. The molecule has 0 saturated carbocycles. The van der Waals surface area contributed by atoms with Crippen LogP contribution in [0.15, 0.2) is 23.2 Å². The van der Waals surface area contributed by atoms with Crippen molar-refractivity contribution in [3.8, 4) is 11.5 Å². The minimum atomic E-state index is 0.0444. The number of guanidine groups is 1. The van der Waals surface area contributed by atoms with Crippen LogP contribution in [0.4, 0.5) is 5.69 Å². The molecule has 30 heavy (non-hydrogen) atoms. The number of benzene rings is 1. The molecule has 1 amide bonds. The monoisotopic (exact) mass is 419 g/mol. The van der Waals surface area contributed by atoms with Crippen molar-refractivity contribution in [3.63, 3.8) is 0 Å². The molecule has 2 atom stereocenters. The highest BCUT2D eigenvalue weighted by molar-refractivity contribution is 5.81. The first-order valence-electron chi connectivity index (χ1n) is 10.8. The van der Waals surface area contributed by atoms with Crippen LogP contribution in [0.25, 0.3) is 0 Å². The van der Waals surface area contributed by atoms with Crippen LogP contribution in [0.3, 0.4) is 0 Å². The summed E-state index contributed by atoms with van der Waals surface area (Å²) in [5.74, 6) is 2.37. The van der Waals surface area contributed by atoms with Crippen molar-refractivity contribution < 1.29 is 14.3 Å². The molecular formula is C22H37N5O3. The Labute approximate surface area is 180 Å². The highest BCUT2D eigenvalue weighted by Gasteiger charge is 2.24. The van der Waals surface area contributed by atoms with Gasteiger partial charge in [0, 0.05) is 62.0 Å². The van der Waals surface area contributed by atoms with Gasteiger partial charge in [0.1, 0.15) is 11.5 Å². The Morgan fingerprint density at radius 2 is 1.93 bits per heavy atom. The normalized spacial score (nSPS) is 17.4. The van der Waals surface area contributed by atoms with Crippen LogP contribution in [0, 0.1) is 0 Å². The number of hydrogen-bond donors (Lipinski definition) is 3. The van der Waals surface area contributed by atoms with Crippen molar-refractivity contribution >= 4 is 17.6 Å². The smallest absolute Gasteiger partial charge is 0.222 e. The first kappa shape index (κ1) is 23.6. The van der Waals surface area contributed by atoms with Crippen LogP contribution in [0.1, 0.15) is 40.0 Å². The van der Waals surface area contributed by atoms with Gasteiger partial charge in [-0.2, -0.15) is 0 Å². The van der Waals surface area contributed by atoms with Crippen LogP contribution >= 0.6 is 0 Å². The van der Waals surface area contributed by atoms with Crippen LogP contribution in [0.5, 0.6) is 11.5 Å². The van der Waals surface area contributed by atoms with E-state index in [0.717, 1.165) is 55.6 Å². The Morgan fingerprint density at radius 3 is 2.53 bits per heavy atom. The van der Waals surface area contributed by atoms with Crippen molar-refractivity contribution in [2.45, 2.75) is 52.1 Å². The number of nitrogens with one attached hydrogen (secondary N) is 3. The third-order valence-electron chi connectivity index (χ3n) is 5.20. The molecule has 1 aromatic carbocycles. The average molecular weight is 420 g/mol. The van der Waals surface area contributed by atoms with Gasteiger partial charge in [0.25, 0.3) is 0 Å². The van der Waals surface area contributed by atoms with Gasteiger partial charge in [0.2, 0.25) is 5.91 Å². The molecule has 1 saturated heterocycles. The molecule has 8 nitrogen and oxygen atoms in total. The predicted molar refractivity (Wildman–Crippen MR) is 122 cm³/mol. The number of aliphatic imine (C=N–C) groups is 1. The number of nitrogens with zero attached hydrogens (tertiary/aromatic N) is 2. The molecule has 1 fully saturated rings. The highest BCUT2D eigenvalue weighted by Crippen LogP contribution is 2.30. The fourth-order valence-electron chi connectivity index (χ4n) is 3.32. The quantitative estimate of drug-likeness (QED) is 0.398. The van der Waals surface area contributed by atoms with Gasteiger partial charge in [-0.1, -0.05) is 6.92 Å². The molecule has 0 aliphatic carbocycles. The summed E-state index contributed by atoms with van der Waals surface area (Å²) in [4.78, 5) is 18.8. The topological polar surface area (TPSA) is 87.2 Å². The highest BCUT2D eigenvalue weighted by atomic mass is 16.5. The summed E-state index contributed by atoms with van der Waals surface area (Å²) in [5.41, 5.74) is 1.08. The molecule has 0 spiro atoms. The molecule has 1 aliphatic rings. The molecular weight excluding hydrogens is 382 g/mol. The molecule has 2 unspecified atom stereocenters. The van der Waals surface area contributed by atoms with Gasteiger partial charge < -0.3 is 30.3 Å². The third-order valence-corrected chi connectivity index (χ3v) is 5.20. The number of carbonyl (C=O) groups is 1. The number of amides is 1. The predicted octanol–water partition coefficient (Wildman–Crippen LogP) is 2.14. The lowest BCUT2D eigenvalue weighted by atomic mass is 10.2. The van der Waals surface area contributed by atoms with Crippen LogP contribution in [0.2, 0.25) is 0 Å². The third kappa shape index (κ3) is 7.31. The first-order valence-corrected chi connectivity index (χ1v) is 10.8. The summed E-state index contributed by atoms with van der Waals surface area (Å²) in [7, 11) is 3.32. The van der Waals surface area contributed by atoms with E-state index in [1.807, 2.05) is 32.0 Å². The Hall–Kier alpha value is -2.64. The van der Waals surface area contributed by atoms with Crippen molar-refractivity contribution in [1.29, 1.82) is 0 Å². The summed E-state index contributed by atoms with van der Waals surface area (Å²) in [6.07, 6.45) is 2.32. The zero-order chi connectivity index (χ0) is 21.9. The minimum absolute atomic E-state index is 0.0444. The Bertz CT molecular complexity index is 688. The largest absolute Gasteiger partial charge is 0.497 e. The summed E-state index contributed by atoms with van der Waals surface area (Å²) < 4.78 is 10.8. The number of carbonyl (C=O) groups excluding carboxylic acids is 1. The number of ether oxygens (including phenoxy) is 2. The molecule has 3 N–H and O–H groups in total. The number of hydrogen-bond acceptors (Lipinski definition) is 5. The maximum Gasteiger partial charge on any atom is 0.222 e. The van der Waals surface area contributed by atoms with E-state index in [0.29, 0.717) is 13.0 Å². The van der Waals surface area contributed by atoms with Crippen molar-refractivity contribution in [3.05, 3.63) is 18.2 Å². The summed E-state index contributed by atoms with van der Waals surface area (Å²) in [6, 6.07) is 6.41. The second kappa shape index (κ2) is 12.1. The van der Waals surface area contributed by atoms with E-state index >= 15 is 0 Å². The Kier molecular flexibility index (Phi) is 9.57. The molecule has 0 radical (unpaired) electrons. The van der Waals surface area contributed by atoms with Gasteiger partial charge in [-0.05, 0) is 26.7 Å². The van der Waals surface area contributed by atoms with Crippen molar-refractivity contribution in [2.24, 2.45) is 4.99 Å². The zero-order valence-electron chi connectivity index (χ0n) is 19.0. The number of rotatable bonds is 10. The second-order valence-corrected chi connectivity index (χ2v) is 7.53. The first-order chi connectivity index (χ1) is 14.5. The van der Waals surface area contributed by atoms with Crippen molar-refractivity contribution in [1.82, 2.24) is 16.0 Å². The lowest BCUT2D eigenvalue weighted by molar-refractivity contribution is -0.121. The van der Waals surface area contributed by atoms with E-state index < -0.39 is 0 Å². The van der Waals surface area contributed by atoms with E-state index in [-0.39, 0.29) is 18.0 Å². The van der Waals surface area contributed by atoms with Crippen LogP contribution in [-0.2, 0) is 4.79 Å².